The van der Waals surface area contributed by atoms with Crippen molar-refractivity contribution in [2.24, 2.45) is 0 Å². The molecule has 0 spiro atoms. The van der Waals surface area contributed by atoms with Gasteiger partial charge in [0.1, 0.15) is 6.04 Å². The molecule has 1 saturated heterocycles. The maximum Gasteiger partial charge on any atom is 0.416 e. The Bertz CT molecular complexity index is 957. The topological polar surface area (TPSA) is 61.4 Å². The minimum absolute atomic E-state index is 0.0753. The molecular formula is C20H17F6N3O2. The number of rotatable bonds is 3. The second-order valence-electron chi connectivity index (χ2n) is 6.92. The fourth-order valence-corrected chi connectivity index (χ4v) is 3.22. The van der Waals surface area contributed by atoms with Gasteiger partial charge in [-0.15, -0.1) is 0 Å². The van der Waals surface area contributed by atoms with E-state index in [2.05, 4.69) is 10.6 Å². The third-order valence-electron chi connectivity index (χ3n) is 4.74. The standard InChI is InChI=1S/C20H17F6N3O2/c21-19(22,23)12-6-8-14(9-7-12)27-17(30)16-5-2-10-29(16)18(31)28-15-4-1-3-13(11-15)20(24,25)26/h1,3-4,6-9,11,16H,2,5,10H2,(H,27,30)(H,28,31). The molecule has 0 radical (unpaired) electrons. The number of urea groups is 1. The molecule has 1 aliphatic rings. The Morgan fingerprint density at radius 2 is 1.48 bits per heavy atom. The van der Waals surface area contributed by atoms with Gasteiger partial charge >= 0.3 is 18.4 Å². The molecule has 0 aliphatic carbocycles. The summed E-state index contributed by atoms with van der Waals surface area (Å²) < 4.78 is 76.4. The molecule has 0 aromatic heterocycles. The quantitative estimate of drug-likeness (QED) is 0.625. The summed E-state index contributed by atoms with van der Waals surface area (Å²) in [4.78, 5) is 26.3. The number of nitrogens with one attached hydrogen (secondary N) is 2. The van der Waals surface area contributed by atoms with Crippen LogP contribution in [0.25, 0.3) is 0 Å². The fraction of sp³-hybridized carbons (Fsp3) is 0.300. The molecule has 1 atom stereocenters. The van der Waals surface area contributed by atoms with Gasteiger partial charge in [-0.2, -0.15) is 26.3 Å². The highest BCUT2D eigenvalue weighted by Gasteiger charge is 2.35. The minimum atomic E-state index is -4.57. The van der Waals surface area contributed by atoms with Crippen LogP contribution in [0.15, 0.2) is 48.5 Å². The third-order valence-corrected chi connectivity index (χ3v) is 4.74. The van der Waals surface area contributed by atoms with Crippen LogP contribution in [0, 0.1) is 0 Å². The minimum Gasteiger partial charge on any atom is -0.324 e. The van der Waals surface area contributed by atoms with E-state index in [9.17, 15) is 35.9 Å². The summed E-state index contributed by atoms with van der Waals surface area (Å²) in [5.41, 5.74) is -1.74. The zero-order valence-corrected chi connectivity index (χ0v) is 15.8. The van der Waals surface area contributed by atoms with Gasteiger partial charge < -0.3 is 15.5 Å². The highest BCUT2D eigenvalue weighted by Crippen LogP contribution is 2.31. The predicted octanol–water partition coefficient (Wildman–Crippen LogP) is 5.36. The summed E-state index contributed by atoms with van der Waals surface area (Å²) in [6.07, 6.45) is -8.28. The van der Waals surface area contributed by atoms with Gasteiger partial charge in [0.05, 0.1) is 11.1 Å². The number of carbonyl (C=O) groups is 2. The summed E-state index contributed by atoms with van der Waals surface area (Å²) in [6, 6.07) is 6.28. The number of benzene rings is 2. The van der Waals surface area contributed by atoms with Crippen molar-refractivity contribution in [3.05, 3.63) is 59.7 Å². The largest absolute Gasteiger partial charge is 0.416 e. The van der Waals surface area contributed by atoms with Crippen molar-refractivity contribution in [1.29, 1.82) is 0 Å². The van der Waals surface area contributed by atoms with Gasteiger partial charge in [-0.1, -0.05) is 6.07 Å². The Hall–Kier alpha value is -3.24. The molecular weight excluding hydrogens is 428 g/mol. The molecule has 3 amide bonds. The van der Waals surface area contributed by atoms with Crippen molar-refractivity contribution < 1.29 is 35.9 Å². The van der Waals surface area contributed by atoms with Crippen LogP contribution in [0.4, 0.5) is 42.5 Å². The van der Waals surface area contributed by atoms with Crippen molar-refractivity contribution in [2.75, 3.05) is 17.2 Å². The van der Waals surface area contributed by atoms with Crippen LogP contribution in [0.1, 0.15) is 24.0 Å². The zero-order valence-electron chi connectivity index (χ0n) is 15.8. The van der Waals surface area contributed by atoms with E-state index in [-0.39, 0.29) is 17.9 Å². The number of hydrogen-bond acceptors (Lipinski definition) is 2. The molecule has 31 heavy (non-hydrogen) atoms. The maximum atomic E-state index is 12.8. The molecule has 0 bridgehead atoms. The Morgan fingerprint density at radius 3 is 2.10 bits per heavy atom. The molecule has 0 saturated carbocycles. The average molecular weight is 445 g/mol. The van der Waals surface area contributed by atoms with E-state index >= 15 is 0 Å². The first kappa shape index (κ1) is 22.4. The second-order valence-corrected chi connectivity index (χ2v) is 6.92. The van der Waals surface area contributed by atoms with E-state index in [4.69, 9.17) is 0 Å². The molecule has 2 aromatic rings. The van der Waals surface area contributed by atoms with Crippen LogP contribution in [0.3, 0.4) is 0 Å². The molecule has 1 unspecified atom stereocenters. The Morgan fingerprint density at radius 1 is 0.839 bits per heavy atom. The number of anilines is 2. The zero-order chi connectivity index (χ0) is 22.8. The lowest BCUT2D eigenvalue weighted by molar-refractivity contribution is -0.138. The fourth-order valence-electron chi connectivity index (χ4n) is 3.22. The van der Waals surface area contributed by atoms with E-state index < -0.39 is 41.5 Å². The van der Waals surface area contributed by atoms with Crippen LogP contribution in [-0.2, 0) is 17.1 Å². The molecule has 5 nitrogen and oxygen atoms in total. The van der Waals surface area contributed by atoms with E-state index in [0.717, 1.165) is 42.5 Å². The summed E-state index contributed by atoms with van der Waals surface area (Å²) in [5, 5.41) is 4.81. The van der Waals surface area contributed by atoms with Gasteiger partial charge in [-0.25, -0.2) is 4.79 Å². The molecule has 1 heterocycles. The van der Waals surface area contributed by atoms with Crippen molar-refractivity contribution in [3.63, 3.8) is 0 Å². The maximum absolute atomic E-state index is 12.8. The summed E-state index contributed by atoms with van der Waals surface area (Å²) in [5.74, 6) is -0.601. The predicted molar refractivity (Wildman–Crippen MR) is 100 cm³/mol. The van der Waals surface area contributed by atoms with Gasteiger partial charge in [0.2, 0.25) is 5.91 Å². The number of carbonyl (C=O) groups excluding carboxylic acids is 2. The lowest BCUT2D eigenvalue weighted by Crippen LogP contribution is -2.45. The molecule has 2 N–H and O–H groups in total. The molecule has 166 valence electrons. The lowest BCUT2D eigenvalue weighted by Gasteiger charge is -2.24. The van der Waals surface area contributed by atoms with Gasteiger partial charge in [0.25, 0.3) is 0 Å². The molecule has 2 aromatic carbocycles. The monoisotopic (exact) mass is 445 g/mol. The van der Waals surface area contributed by atoms with Gasteiger partial charge in [0.15, 0.2) is 0 Å². The van der Waals surface area contributed by atoms with Crippen molar-refractivity contribution in [3.8, 4) is 0 Å². The normalized spacial score (nSPS) is 16.8. The number of hydrogen-bond donors (Lipinski definition) is 2. The first-order valence-electron chi connectivity index (χ1n) is 9.18. The van der Waals surface area contributed by atoms with Crippen molar-refractivity contribution in [1.82, 2.24) is 4.90 Å². The summed E-state index contributed by atoms with van der Waals surface area (Å²) in [7, 11) is 0. The van der Waals surface area contributed by atoms with Gasteiger partial charge in [0, 0.05) is 17.9 Å². The third kappa shape index (κ3) is 5.47. The van der Waals surface area contributed by atoms with Crippen LogP contribution >= 0.6 is 0 Å². The van der Waals surface area contributed by atoms with E-state index in [1.807, 2.05) is 0 Å². The number of halogens is 6. The molecule has 1 aliphatic heterocycles. The second kappa shape index (κ2) is 8.48. The van der Waals surface area contributed by atoms with Crippen LogP contribution in [0.5, 0.6) is 0 Å². The van der Waals surface area contributed by atoms with E-state index in [0.29, 0.717) is 12.8 Å². The first-order chi connectivity index (χ1) is 14.4. The number of likely N-dealkylation sites (tertiary alicyclic amines) is 1. The van der Waals surface area contributed by atoms with Gasteiger partial charge in [-0.3, -0.25) is 4.79 Å². The molecule has 1 fully saturated rings. The Kier molecular flexibility index (Phi) is 6.14. The Balaban J connectivity index is 1.66. The van der Waals surface area contributed by atoms with E-state index in [1.165, 1.54) is 11.0 Å². The SMILES string of the molecule is O=C(Nc1ccc(C(F)(F)F)cc1)C1CCCN1C(=O)Nc1cccc(C(F)(F)F)c1. The average Bonchev–Trinajstić information content (AvgIpc) is 3.17. The number of amides is 3. The van der Waals surface area contributed by atoms with Crippen molar-refractivity contribution in [2.45, 2.75) is 31.2 Å². The van der Waals surface area contributed by atoms with Crippen LogP contribution in [-0.4, -0.2) is 29.4 Å². The summed E-state index contributed by atoms with van der Waals surface area (Å²) in [6.45, 7) is 0.204. The van der Waals surface area contributed by atoms with Crippen molar-refractivity contribution >= 4 is 23.3 Å². The van der Waals surface area contributed by atoms with E-state index in [1.54, 1.807) is 0 Å². The highest BCUT2D eigenvalue weighted by molar-refractivity contribution is 5.99. The Labute approximate surface area is 173 Å². The lowest BCUT2D eigenvalue weighted by atomic mass is 10.1. The molecule has 11 heteroatoms. The number of alkyl halides is 6. The molecule has 3 rings (SSSR count). The van der Waals surface area contributed by atoms with Crippen LogP contribution in [0.2, 0.25) is 0 Å². The highest BCUT2D eigenvalue weighted by atomic mass is 19.4. The first-order valence-corrected chi connectivity index (χ1v) is 9.18. The van der Waals surface area contributed by atoms with Gasteiger partial charge in [-0.05, 0) is 55.3 Å². The van der Waals surface area contributed by atoms with Crippen LogP contribution < -0.4 is 10.6 Å². The smallest absolute Gasteiger partial charge is 0.324 e. The summed E-state index contributed by atoms with van der Waals surface area (Å²) >= 11 is 0. The number of nitrogens with zero attached hydrogens (tertiary/aromatic N) is 1.